The Kier molecular flexibility index (Phi) is 6.64. The van der Waals surface area contributed by atoms with Gasteiger partial charge in [0.2, 0.25) is 0 Å². The number of hydrogen-bond donors (Lipinski definition) is 0. The van der Waals surface area contributed by atoms with E-state index in [1.165, 1.54) is 11.1 Å². The largest absolute Gasteiger partial charge is 0.336 e. The fourth-order valence-corrected chi connectivity index (χ4v) is 4.53. The Morgan fingerprint density at radius 1 is 0.733 bits per heavy atom. The van der Waals surface area contributed by atoms with Gasteiger partial charge in [0, 0.05) is 36.2 Å². The van der Waals surface area contributed by atoms with E-state index in [1.54, 1.807) is 18.2 Å². The van der Waals surface area contributed by atoms with E-state index >= 15 is 0 Å². The molecule has 1 aliphatic rings. The molecular formula is C24H21Cl3N2O. The smallest absolute Gasteiger partial charge is 0.255 e. The maximum Gasteiger partial charge on any atom is 0.255 e. The van der Waals surface area contributed by atoms with Crippen molar-refractivity contribution in [2.24, 2.45) is 0 Å². The molecule has 4 rings (SSSR count). The molecule has 1 unspecified atom stereocenters. The summed E-state index contributed by atoms with van der Waals surface area (Å²) in [6.07, 6.45) is 0. The third-order valence-electron chi connectivity index (χ3n) is 5.43. The molecule has 6 heteroatoms. The van der Waals surface area contributed by atoms with E-state index in [0.29, 0.717) is 28.7 Å². The van der Waals surface area contributed by atoms with Crippen LogP contribution in [0.4, 0.5) is 0 Å². The molecule has 0 spiro atoms. The first-order chi connectivity index (χ1) is 14.5. The lowest BCUT2D eigenvalue weighted by molar-refractivity contribution is 0.0597. The van der Waals surface area contributed by atoms with Crippen LogP contribution in [0.2, 0.25) is 15.1 Å². The molecule has 3 nitrogen and oxygen atoms in total. The molecule has 3 aromatic carbocycles. The third-order valence-corrected chi connectivity index (χ3v) is 6.23. The van der Waals surface area contributed by atoms with E-state index in [0.717, 1.165) is 18.1 Å². The summed E-state index contributed by atoms with van der Waals surface area (Å²) in [5.41, 5.74) is 2.90. The predicted molar refractivity (Wildman–Crippen MR) is 124 cm³/mol. The van der Waals surface area contributed by atoms with Gasteiger partial charge in [-0.25, -0.2) is 0 Å². The van der Waals surface area contributed by atoms with Gasteiger partial charge in [-0.2, -0.15) is 0 Å². The number of carbonyl (C=O) groups excluding carboxylic acids is 1. The number of amides is 1. The maximum atomic E-state index is 13.0. The van der Waals surface area contributed by atoms with Gasteiger partial charge in [-0.3, -0.25) is 9.69 Å². The minimum Gasteiger partial charge on any atom is -0.336 e. The summed E-state index contributed by atoms with van der Waals surface area (Å²) in [5.74, 6) is -0.0564. The molecule has 1 saturated heterocycles. The second-order valence-electron chi connectivity index (χ2n) is 7.32. The Morgan fingerprint density at radius 3 is 1.97 bits per heavy atom. The lowest BCUT2D eigenvalue weighted by Crippen LogP contribution is -2.49. The summed E-state index contributed by atoms with van der Waals surface area (Å²) in [4.78, 5) is 17.2. The van der Waals surface area contributed by atoms with Crippen LogP contribution in [0.3, 0.4) is 0 Å². The highest BCUT2D eigenvalue weighted by Gasteiger charge is 2.29. The minimum atomic E-state index is -0.0564. The average molecular weight is 460 g/mol. The van der Waals surface area contributed by atoms with Gasteiger partial charge >= 0.3 is 0 Å². The summed E-state index contributed by atoms with van der Waals surface area (Å²) in [5, 5.41) is 1.63. The number of hydrogen-bond acceptors (Lipinski definition) is 2. The highest BCUT2D eigenvalue weighted by Crippen LogP contribution is 2.31. The van der Waals surface area contributed by atoms with Crippen LogP contribution in [0.5, 0.6) is 0 Å². The molecule has 0 N–H and O–H groups in total. The normalized spacial score (nSPS) is 15.8. The van der Waals surface area contributed by atoms with Gasteiger partial charge in [0.05, 0.1) is 16.6 Å². The Labute approximate surface area is 191 Å². The van der Waals surface area contributed by atoms with Gasteiger partial charge in [-0.1, -0.05) is 77.3 Å². The van der Waals surface area contributed by atoms with Gasteiger partial charge in [0.25, 0.3) is 5.91 Å². The summed E-state index contributed by atoms with van der Waals surface area (Å²) >= 11 is 18.3. The van der Waals surface area contributed by atoms with Gasteiger partial charge < -0.3 is 4.90 Å². The minimum absolute atomic E-state index is 0.0564. The highest BCUT2D eigenvalue weighted by molar-refractivity contribution is 6.36. The Hall–Kier alpha value is -2.04. The fraction of sp³-hybridized carbons (Fsp3) is 0.208. The first-order valence-corrected chi connectivity index (χ1v) is 10.9. The summed E-state index contributed by atoms with van der Waals surface area (Å²) < 4.78 is 0. The highest BCUT2D eigenvalue weighted by atomic mass is 35.5. The van der Waals surface area contributed by atoms with Crippen LogP contribution in [-0.4, -0.2) is 41.9 Å². The molecule has 154 valence electrons. The van der Waals surface area contributed by atoms with E-state index in [-0.39, 0.29) is 11.9 Å². The number of piperazine rings is 1. The van der Waals surface area contributed by atoms with Crippen LogP contribution in [0.25, 0.3) is 0 Å². The molecule has 1 atom stereocenters. The second-order valence-corrected chi connectivity index (χ2v) is 8.60. The van der Waals surface area contributed by atoms with E-state index in [9.17, 15) is 4.79 Å². The third kappa shape index (κ3) is 4.65. The van der Waals surface area contributed by atoms with E-state index in [2.05, 4.69) is 41.3 Å². The van der Waals surface area contributed by atoms with Crippen molar-refractivity contribution in [3.05, 3.63) is 105 Å². The van der Waals surface area contributed by atoms with Crippen molar-refractivity contribution >= 4 is 40.7 Å². The Morgan fingerprint density at radius 2 is 1.33 bits per heavy atom. The zero-order valence-electron chi connectivity index (χ0n) is 16.3. The van der Waals surface area contributed by atoms with Crippen LogP contribution in [0, 0.1) is 0 Å². The van der Waals surface area contributed by atoms with Crippen LogP contribution < -0.4 is 0 Å². The maximum absolute atomic E-state index is 13.0. The van der Waals surface area contributed by atoms with Crippen molar-refractivity contribution in [3.8, 4) is 0 Å². The zero-order chi connectivity index (χ0) is 21.1. The van der Waals surface area contributed by atoms with Crippen molar-refractivity contribution < 1.29 is 4.79 Å². The van der Waals surface area contributed by atoms with Crippen molar-refractivity contribution in [2.45, 2.75) is 6.04 Å². The summed E-state index contributed by atoms with van der Waals surface area (Å²) in [7, 11) is 0. The molecule has 0 bridgehead atoms. The van der Waals surface area contributed by atoms with Gasteiger partial charge in [0.15, 0.2) is 0 Å². The molecule has 0 aromatic heterocycles. The molecule has 0 aliphatic carbocycles. The van der Waals surface area contributed by atoms with Crippen molar-refractivity contribution in [3.63, 3.8) is 0 Å². The standard InChI is InChI=1S/C24H21Cl3N2O/c25-19-8-6-18(7-9-19)23(17-4-2-1-3-5-17)28-12-14-29(15-13-28)24(30)21-11-10-20(26)16-22(21)27/h1-11,16,23H,12-15H2. The zero-order valence-corrected chi connectivity index (χ0v) is 18.5. The first kappa shape index (κ1) is 21.2. The van der Waals surface area contributed by atoms with Gasteiger partial charge in [-0.05, 0) is 41.5 Å². The molecule has 1 amide bonds. The quantitative estimate of drug-likeness (QED) is 0.464. The molecule has 1 fully saturated rings. The Bertz CT molecular complexity index is 1020. The first-order valence-electron chi connectivity index (χ1n) is 9.82. The molecule has 1 heterocycles. The van der Waals surface area contributed by atoms with E-state index in [1.807, 2.05) is 23.1 Å². The number of rotatable bonds is 4. The fourth-order valence-electron chi connectivity index (χ4n) is 3.91. The predicted octanol–water partition coefficient (Wildman–Crippen LogP) is 6.19. The molecular weight excluding hydrogens is 439 g/mol. The topological polar surface area (TPSA) is 23.6 Å². The SMILES string of the molecule is O=C(c1ccc(Cl)cc1Cl)N1CCN(C(c2ccccc2)c2ccc(Cl)cc2)CC1. The molecule has 30 heavy (non-hydrogen) atoms. The van der Waals surface area contributed by atoms with E-state index < -0.39 is 0 Å². The van der Waals surface area contributed by atoms with Crippen LogP contribution in [-0.2, 0) is 0 Å². The number of halogens is 3. The summed E-state index contributed by atoms with van der Waals surface area (Å²) in [6, 6.07) is 23.5. The Balaban J connectivity index is 1.53. The van der Waals surface area contributed by atoms with Crippen LogP contribution >= 0.6 is 34.8 Å². The van der Waals surface area contributed by atoms with Crippen molar-refractivity contribution in [2.75, 3.05) is 26.2 Å². The van der Waals surface area contributed by atoms with Crippen molar-refractivity contribution in [1.82, 2.24) is 9.80 Å². The molecule has 0 radical (unpaired) electrons. The number of nitrogens with zero attached hydrogens (tertiary/aromatic N) is 2. The lowest BCUT2D eigenvalue weighted by Gasteiger charge is -2.40. The number of carbonyl (C=O) groups is 1. The van der Waals surface area contributed by atoms with Crippen LogP contribution in [0.1, 0.15) is 27.5 Å². The number of benzene rings is 3. The molecule has 0 saturated carbocycles. The van der Waals surface area contributed by atoms with Gasteiger partial charge in [0.1, 0.15) is 0 Å². The second kappa shape index (κ2) is 9.40. The average Bonchev–Trinajstić information content (AvgIpc) is 2.76. The van der Waals surface area contributed by atoms with Crippen LogP contribution in [0.15, 0.2) is 72.8 Å². The van der Waals surface area contributed by atoms with Gasteiger partial charge in [-0.15, -0.1) is 0 Å². The monoisotopic (exact) mass is 458 g/mol. The lowest BCUT2D eigenvalue weighted by atomic mass is 9.96. The molecule has 1 aliphatic heterocycles. The van der Waals surface area contributed by atoms with E-state index in [4.69, 9.17) is 34.8 Å². The summed E-state index contributed by atoms with van der Waals surface area (Å²) in [6.45, 7) is 2.79. The van der Waals surface area contributed by atoms with Crippen molar-refractivity contribution in [1.29, 1.82) is 0 Å². The molecule has 3 aromatic rings.